The van der Waals surface area contributed by atoms with Crippen molar-refractivity contribution in [3.8, 4) is 0 Å². The molecule has 1 aromatic rings. The number of hydrogen-bond donors (Lipinski definition) is 1. The van der Waals surface area contributed by atoms with E-state index in [1.54, 1.807) is 4.90 Å². The minimum absolute atomic E-state index is 0.00873. The van der Waals surface area contributed by atoms with E-state index in [9.17, 15) is 9.59 Å². The molecule has 23 heavy (non-hydrogen) atoms. The average Bonchev–Trinajstić information content (AvgIpc) is 3.13. The van der Waals surface area contributed by atoms with Gasteiger partial charge in [0.15, 0.2) is 0 Å². The van der Waals surface area contributed by atoms with Crippen molar-refractivity contribution in [1.82, 2.24) is 15.1 Å². The SMILES string of the molecule is CC(=O)N[C@@H]1CN(C(=O)N2CCOCC2)C[C@H]1c1ccc(C)o1. The lowest BCUT2D eigenvalue weighted by molar-refractivity contribution is -0.119. The Bertz CT molecular complexity index is 580. The third-order valence-corrected chi connectivity index (χ3v) is 4.39. The second-order valence-corrected chi connectivity index (χ2v) is 6.15. The van der Waals surface area contributed by atoms with Gasteiger partial charge in [-0.05, 0) is 19.1 Å². The lowest BCUT2D eigenvalue weighted by Crippen LogP contribution is -2.48. The highest BCUT2D eigenvalue weighted by Gasteiger charge is 2.39. The van der Waals surface area contributed by atoms with Gasteiger partial charge in [0.2, 0.25) is 5.91 Å². The maximum atomic E-state index is 12.7. The highest BCUT2D eigenvalue weighted by Crippen LogP contribution is 2.30. The van der Waals surface area contributed by atoms with E-state index in [2.05, 4.69) is 5.32 Å². The molecule has 126 valence electrons. The molecule has 0 unspecified atom stereocenters. The minimum Gasteiger partial charge on any atom is -0.466 e. The van der Waals surface area contributed by atoms with E-state index in [0.717, 1.165) is 11.5 Å². The molecule has 0 aliphatic carbocycles. The van der Waals surface area contributed by atoms with Crippen molar-refractivity contribution < 1.29 is 18.7 Å². The van der Waals surface area contributed by atoms with Gasteiger partial charge in [0, 0.05) is 33.1 Å². The first kappa shape index (κ1) is 15.9. The zero-order valence-electron chi connectivity index (χ0n) is 13.6. The van der Waals surface area contributed by atoms with E-state index in [-0.39, 0.29) is 23.9 Å². The number of aryl methyl sites for hydroxylation is 1. The van der Waals surface area contributed by atoms with Crippen molar-refractivity contribution in [2.75, 3.05) is 39.4 Å². The summed E-state index contributed by atoms with van der Waals surface area (Å²) in [4.78, 5) is 27.8. The molecule has 2 fully saturated rings. The molecule has 2 saturated heterocycles. The molecule has 7 nitrogen and oxygen atoms in total. The number of ether oxygens (including phenoxy) is 1. The van der Waals surface area contributed by atoms with Gasteiger partial charge in [-0.2, -0.15) is 0 Å². The number of nitrogens with zero attached hydrogens (tertiary/aromatic N) is 2. The molecule has 3 amide bonds. The third kappa shape index (κ3) is 3.50. The molecule has 0 saturated carbocycles. The number of carbonyl (C=O) groups is 2. The van der Waals surface area contributed by atoms with Gasteiger partial charge in [-0.25, -0.2) is 4.79 Å². The fourth-order valence-electron chi connectivity index (χ4n) is 3.26. The van der Waals surface area contributed by atoms with E-state index >= 15 is 0 Å². The van der Waals surface area contributed by atoms with Gasteiger partial charge in [-0.1, -0.05) is 0 Å². The first-order valence-corrected chi connectivity index (χ1v) is 7.99. The smallest absolute Gasteiger partial charge is 0.320 e. The second-order valence-electron chi connectivity index (χ2n) is 6.15. The number of furan rings is 1. The Kier molecular flexibility index (Phi) is 4.56. The van der Waals surface area contributed by atoms with Crippen molar-refractivity contribution in [3.63, 3.8) is 0 Å². The van der Waals surface area contributed by atoms with Crippen LogP contribution in [0, 0.1) is 6.92 Å². The quantitative estimate of drug-likeness (QED) is 0.880. The van der Waals surface area contributed by atoms with Gasteiger partial charge in [0.1, 0.15) is 11.5 Å². The van der Waals surface area contributed by atoms with Crippen LogP contribution in [-0.4, -0.2) is 67.2 Å². The lowest BCUT2D eigenvalue weighted by Gasteiger charge is -2.31. The van der Waals surface area contributed by atoms with Gasteiger partial charge in [0.25, 0.3) is 0 Å². The normalized spacial score (nSPS) is 24.8. The highest BCUT2D eigenvalue weighted by molar-refractivity contribution is 5.76. The first-order valence-electron chi connectivity index (χ1n) is 7.99. The number of hydrogen-bond acceptors (Lipinski definition) is 4. The van der Waals surface area contributed by atoms with Crippen LogP contribution in [0.1, 0.15) is 24.4 Å². The Balaban J connectivity index is 1.73. The molecule has 3 heterocycles. The zero-order chi connectivity index (χ0) is 16.4. The van der Waals surface area contributed by atoms with E-state index < -0.39 is 0 Å². The number of morpholine rings is 1. The summed E-state index contributed by atoms with van der Waals surface area (Å²) < 4.78 is 11.0. The van der Waals surface area contributed by atoms with Crippen molar-refractivity contribution in [3.05, 3.63) is 23.7 Å². The number of amides is 3. The van der Waals surface area contributed by atoms with Crippen molar-refractivity contribution in [1.29, 1.82) is 0 Å². The van der Waals surface area contributed by atoms with Crippen LogP contribution in [0.5, 0.6) is 0 Å². The van der Waals surface area contributed by atoms with Crippen LogP contribution < -0.4 is 5.32 Å². The molecule has 2 aliphatic rings. The molecule has 0 bridgehead atoms. The summed E-state index contributed by atoms with van der Waals surface area (Å²) in [6.07, 6.45) is 0. The van der Waals surface area contributed by atoms with Crippen molar-refractivity contribution >= 4 is 11.9 Å². The van der Waals surface area contributed by atoms with Gasteiger partial charge >= 0.3 is 6.03 Å². The first-order chi connectivity index (χ1) is 11.0. The fourth-order valence-corrected chi connectivity index (χ4v) is 3.26. The number of likely N-dealkylation sites (tertiary alicyclic amines) is 1. The Morgan fingerprint density at radius 1 is 1.17 bits per heavy atom. The van der Waals surface area contributed by atoms with Gasteiger partial charge in [0.05, 0.1) is 25.2 Å². The van der Waals surface area contributed by atoms with Crippen LogP contribution in [0.3, 0.4) is 0 Å². The minimum atomic E-state index is -0.122. The maximum Gasteiger partial charge on any atom is 0.320 e. The van der Waals surface area contributed by atoms with Crippen molar-refractivity contribution in [2.24, 2.45) is 0 Å². The predicted molar refractivity (Wildman–Crippen MR) is 83.2 cm³/mol. The Morgan fingerprint density at radius 2 is 1.91 bits per heavy atom. The Labute approximate surface area is 135 Å². The number of nitrogens with one attached hydrogen (secondary N) is 1. The van der Waals surface area contributed by atoms with E-state index in [0.29, 0.717) is 39.4 Å². The zero-order valence-corrected chi connectivity index (χ0v) is 13.6. The van der Waals surface area contributed by atoms with Gasteiger partial charge in [-0.15, -0.1) is 0 Å². The van der Waals surface area contributed by atoms with Gasteiger partial charge in [-0.3, -0.25) is 4.79 Å². The van der Waals surface area contributed by atoms with E-state index in [1.165, 1.54) is 6.92 Å². The molecule has 1 N–H and O–H groups in total. The Morgan fingerprint density at radius 3 is 2.52 bits per heavy atom. The van der Waals surface area contributed by atoms with Crippen LogP contribution in [0.25, 0.3) is 0 Å². The van der Waals surface area contributed by atoms with E-state index in [4.69, 9.17) is 9.15 Å². The summed E-state index contributed by atoms with van der Waals surface area (Å²) in [5, 5.41) is 2.95. The maximum absolute atomic E-state index is 12.7. The Hall–Kier alpha value is -2.02. The number of rotatable bonds is 2. The van der Waals surface area contributed by atoms with Crippen LogP contribution in [0.15, 0.2) is 16.5 Å². The largest absolute Gasteiger partial charge is 0.466 e. The number of carbonyl (C=O) groups excluding carboxylic acids is 2. The van der Waals surface area contributed by atoms with Gasteiger partial charge < -0.3 is 24.3 Å². The summed E-state index contributed by atoms with van der Waals surface area (Å²) >= 11 is 0. The average molecular weight is 321 g/mol. The molecule has 0 aromatic carbocycles. The molecule has 0 spiro atoms. The summed E-state index contributed by atoms with van der Waals surface area (Å²) in [7, 11) is 0. The third-order valence-electron chi connectivity index (χ3n) is 4.39. The topological polar surface area (TPSA) is 75.0 Å². The van der Waals surface area contributed by atoms with Crippen LogP contribution in [0.4, 0.5) is 4.79 Å². The highest BCUT2D eigenvalue weighted by atomic mass is 16.5. The summed E-state index contributed by atoms with van der Waals surface area (Å²) in [6, 6.07) is 3.72. The summed E-state index contributed by atoms with van der Waals surface area (Å²) in [6.45, 7) is 6.83. The monoisotopic (exact) mass is 321 g/mol. The van der Waals surface area contributed by atoms with E-state index in [1.807, 2.05) is 24.0 Å². The van der Waals surface area contributed by atoms with Crippen molar-refractivity contribution in [2.45, 2.75) is 25.8 Å². The molecule has 2 atom stereocenters. The van der Waals surface area contributed by atoms with Crippen LogP contribution in [0.2, 0.25) is 0 Å². The predicted octanol–water partition coefficient (Wildman–Crippen LogP) is 0.944. The standard InChI is InChI=1S/C16H23N3O4/c1-11-3-4-15(23-11)13-9-19(10-14(13)17-12(2)20)16(21)18-5-7-22-8-6-18/h3-4,13-14H,5-10H2,1-2H3,(H,17,20)/t13-,14-/m1/s1. The molecule has 7 heteroatoms. The molecule has 2 aliphatic heterocycles. The summed E-state index contributed by atoms with van der Waals surface area (Å²) in [5.41, 5.74) is 0. The molecular formula is C16H23N3O4. The van der Waals surface area contributed by atoms with Crippen LogP contribution in [-0.2, 0) is 9.53 Å². The molecule has 0 radical (unpaired) electrons. The molecular weight excluding hydrogens is 298 g/mol. The van der Waals surface area contributed by atoms with Crippen LogP contribution >= 0.6 is 0 Å². The summed E-state index contributed by atoms with van der Waals surface area (Å²) in [5.74, 6) is 1.54. The molecule has 1 aromatic heterocycles. The number of urea groups is 1. The lowest BCUT2D eigenvalue weighted by atomic mass is 10.0. The second kappa shape index (κ2) is 6.62. The fraction of sp³-hybridized carbons (Fsp3) is 0.625. The molecule has 3 rings (SSSR count).